The average molecular weight is 368 g/mol. The maximum atomic E-state index is 12.6. The number of pyridine rings is 1. The Morgan fingerprint density at radius 3 is 1.81 bits per heavy atom. The fourth-order valence-corrected chi connectivity index (χ4v) is 1.78. The van der Waals surface area contributed by atoms with E-state index in [0.717, 1.165) is 0 Å². The Bertz CT molecular complexity index is 638. The summed E-state index contributed by atoms with van der Waals surface area (Å²) < 4.78 is 15.6. The van der Waals surface area contributed by atoms with Crippen LogP contribution in [0.3, 0.4) is 0 Å². The van der Waals surface area contributed by atoms with E-state index in [4.69, 9.17) is 14.2 Å². The molecule has 0 spiro atoms. The first-order valence-corrected chi connectivity index (χ1v) is 7.92. The molecule has 26 heavy (non-hydrogen) atoms. The summed E-state index contributed by atoms with van der Waals surface area (Å²) in [6, 6.07) is 2.63. The summed E-state index contributed by atoms with van der Waals surface area (Å²) in [6.07, 6.45) is -2.08. The third kappa shape index (κ3) is 6.19. The van der Waals surface area contributed by atoms with Crippen molar-refractivity contribution in [3.8, 4) is 5.75 Å². The Morgan fingerprint density at radius 1 is 1.00 bits per heavy atom. The molecule has 0 aliphatic heterocycles. The van der Waals surface area contributed by atoms with Crippen LogP contribution in [0.5, 0.6) is 5.75 Å². The summed E-state index contributed by atoms with van der Waals surface area (Å²) in [5.74, 6) is -0.229. The van der Waals surface area contributed by atoms with Crippen LogP contribution in [0.25, 0.3) is 0 Å². The standard InChI is InChI=1S/C16H25BN2O7/c1-15(2,3)25-13(20)19(14(21)26-16(4,5)6)12-10(24-7)8-9-11(18-12)17(22)23/h8-9,22-23H,1-7H3. The molecule has 0 aliphatic rings. The number of carbonyl (C=O) groups excluding carboxylic acids is 2. The number of carbonyl (C=O) groups is 2. The molecule has 144 valence electrons. The van der Waals surface area contributed by atoms with Crippen molar-refractivity contribution in [2.24, 2.45) is 0 Å². The molecule has 1 rings (SSSR count). The van der Waals surface area contributed by atoms with Gasteiger partial charge in [0.2, 0.25) is 0 Å². The molecule has 10 heteroatoms. The molecule has 1 aromatic rings. The highest BCUT2D eigenvalue weighted by atomic mass is 16.6. The van der Waals surface area contributed by atoms with Gasteiger partial charge < -0.3 is 24.3 Å². The van der Waals surface area contributed by atoms with E-state index in [-0.39, 0.29) is 17.2 Å². The SMILES string of the molecule is COc1ccc(B(O)O)nc1N(C(=O)OC(C)(C)C)C(=O)OC(C)(C)C. The second-order valence-electron chi connectivity index (χ2n) is 7.43. The van der Waals surface area contributed by atoms with Gasteiger partial charge in [0.15, 0.2) is 11.6 Å². The first kappa shape index (κ1) is 21.7. The minimum atomic E-state index is -1.90. The van der Waals surface area contributed by atoms with Gasteiger partial charge in [0.05, 0.1) is 12.7 Å². The van der Waals surface area contributed by atoms with Crippen LogP contribution < -0.4 is 15.2 Å². The zero-order valence-corrected chi connectivity index (χ0v) is 16.1. The minimum Gasteiger partial charge on any atom is -0.493 e. The van der Waals surface area contributed by atoms with E-state index in [1.807, 2.05) is 0 Å². The van der Waals surface area contributed by atoms with E-state index in [9.17, 15) is 19.6 Å². The Labute approximate surface area is 153 Å². The lowest BCUT2D eigenvalue weighted by atomic mass is 9.86. The Balaban J connectivity index is 3.46. The molecule has 1 aromatic heterocycles. The predicted octanol–water partition coefficient (Wildman–Crippen LogP) is 1.45. The monoisotopic (exact) mass is 368 g/mol. The third-order valence-corrected chi connectivity index (χ3v) is 2.71. The van der Waals surface area contributed by atoms with Crippen molar-refractivity contribution in [2.45, 2.75) is 52.7 Å². The molecule has 0 radical (unpaired) electrons. The normalized spacial score (nSPS) is 11.6. The van der Waals surface area contributed by atoms with Gasteiger partial charge in [-0.3, -0.25) is 0 Å². The van der Waals surface area contributed by atoms with E-state index in [2.05, 4.69) is 4.98 Å². The van der Waals surface area contributed by atoms with Gasteiger partial charge in [-0.15, -0.1) is 0 Å². The number of hydrogen-bond donors (Lipinski definition) is 2. The highest BCUT2D eigenvalue weighted by Gasteiger charge is 2.36. The fourth-order valence-electron chi connectivity index (χ4n) is 1.78. The zero-order chi connectivity index (χ0) is 20.3. The van der Waals surface area contributed by atoms with E-state index < -0.39 is 30.5 Å². The second-order valence-corrected chi connectivity index (χ2v) is 7.43. The number of anilines is 1. The number of methoxy groups -OCH3 is 1. The number of aromatic nitrogens is 1. The first-order chi connectivity index (χ1) is 11.7. The van der Waals surface area contributed by atoms with Gasteiger partial charge in [-0.05, 0) is 53.7 Å². The van der Waals surface area contributed by atoms with Crippen LogP contribution in [0, 0.1) is 0 Å². The summed E-state index contributed by atoms with van der Waals surface area (Å²) >= 11 is 0. The number of rotatable bonds is 3. The van der Waals surface area contributed by atoms with Gasteiger partial charge in [-0.2, -0.15) is 4.90 Å². The van der Waals surface area contributed by atoms with Crippen LogP contribution in [0.2, 0.25) is 0 Å². The van der Waals surface area contributed by atoms with Crippen LogP contribution in [-0.2, 0) is 9.47 Å². The number of hydrogen-bond acceptors (Lipinski definition) is 8. The molecule has 0 aromatic carbocycles. The molecular formula is C16H25BN2O7. The summed E-state index contributed by atoms with van der Waals surface area (Å²) in [5, 5.41) is 18.7. The largest absolute Gasteiger partial charge is 0.508 e. The summed E-state index contributed by atoms with van der Waals surface area (Å²) in [4.78, 5) is 29.7. The van der Waals surface area contributed by atoms with Gasteiger partial charge in [0, 0.05) is 0 Å². The Kier molecular flexibility index (Phi) is 6.62. The van der Waals surface area contributed by atoms with Crippen molar-refractivity contribution in [3.05, 3.63) is 12.1 Å². The lowest BCUT2D eigenvalue weighted by molar-refractivity contribution is 0.0427. The van der Waals surface area contributed by atoms with Gasteiger partial charge in [0.1, 0.15) is 11.2 Å². The smallest absolute Gasteiger partial charge is 0.493 e. The molecule has 9 nitrogen and oxygen atoms in total. The number of ether oxygens (including phenoxy) is 3. The highest BCUT2D eigenvalue weighted by molar-refractivity contribution is 6.57. The lowest BCUT2D eigenvalue weighted by Gasteiger charge is -2.28. The predicted molar refractivity (Wildman–Crippen MR) is 95.6 cm³/mol. The van der Waals surface area contributed by atoms with Crippen LogP contribution in [0.15, 0.2) is 12.1 Å². The Morgan fingerprint density at radius 2 is 1.46 bits per heavy atom. The molecule has 0 unspecified atom stereocenters. The van der Waals surface area contributed by atoms with Crippen molar-refractivity contribution < 1.29 is 33.8 Å². The zero-order valence-electron chi connectivity index (χ0n) is 16.1. The Hall–Kier alpha value is -2.33. The maximum absolute atomic E-state index is 12.6. The molecule has 0 bridgehead atoms. The third-order valence-electron chi connectivity index (χ3n) is 2.71. The summed E-state index contributed by atoms with van der Waals surface area (Å²) in [6.45, 7) is 9.81. The lowest BCUT2D eigenvalue weighted by Crippen LogP contribution is -2.45. The average Bonchev–Trinajstić information content (AvgIpc) is 2.43. The summed E-state index contributed by atoms with van der Waals surface area (Å²) in [7, 11) is -0.587. The van der Waals surface area contributed by atoms with Crippen LogP contribution in [-0.4, -0.2) is 52.6 Å². The molecule has 2 amide bonds. The van der Waals surface area contributed by atoms with E-state index in [1.54, 1.807) is 41.5 Å². The van der Waals surface area contributed by atoms with Crippen molar-refractivity contribution in [1.29, 1.82) is 0 Å². The molecule has 0 saturated carbocycles. The maximum Gasteiger partial charge on any atom is 0.508 e. The van der Waals surface area contributed by atoms with Crippen LogP contribution in [0.1, 0.15) is 41.5 Å². The van der Waals surface area contributed by atoms with Gasteiger partial charge in [-0.1, -0.05) is 0 Å². The molecule has 0 fully saturated rings. The topological polar surface area (TPSA) is 118 Å². The quantitative estimate of drug-likeness (QED) is 0.770. The van der Waals surface area contributed by atoms with Crippen molar-refractivity contribution in [1.82, 2.24) is 4.98 Å². The first-order valence-electron chi connectivity index (χ1n) is 7.92. The second kappa shape index (κ2) is 7.92. The fraction of sp³-hybridized carbons (Fsp3) is 0.562. The van der Waals surface area contributed by atoms with Crippen LogP contribution >= 0.6 is 0 Å². The number of nitrogens with zero attached hydrogens (tertiary/aromatic N) is 2. The van der Waals surface area contributed by atoms with Gasteiger partial charge in [0.25, 0.3) is 0 Å². The van der Waals surface area contributed by atoms with Crippen LogP contribution in [0.4, 0.5) is 15.4 Å². The number of imide groups is 1. The molecular weight excluding hydrogens is 343 g/mol. The molecule has 2 N–H and O–H groups in total. The van der Waals surface area contributed by atoms with Gasteiger partial charge in [-0.25, -0.2) is 14.6 Å². The molecule has 0 saturated heterocycles. The van der Waals surface area contributed by atoms with Gasteiger partial charge >= 0.3 is 19.3 Å². The van der Waals surface area contributed by atoms with Crippen molar-refractivity contribution in [2.75, 3.05) is 12.0 Å². The molecule has 0 atom stereocenters. The number of amides is 2. The molecule has 0 aliphatic carbocycles. The highest BCUT2D eigenvalue weighted by Crippen LogP contribution is 2.28. The van der Waals surface area contributed by atoms with E-state index >= 15 is 0 Å². The summed E-state index contributed by atoms with van der Waals surface area (Å²) in [5.41, 5.74) is -1.96. The van der Waals surface area contributed by atoms with E-state index in [0.29, 0.717) is 4.90 Å². The minimum absolute atomic E-state index is 0.0473. The molecule has 1 heterocycles. The van der Waals surface area contributed by atoms with Crippen molar-refractivity contribution >= 4 is 30.7 Å². The van der Waals surface area contributed by atoms with E-state index in [1.165, 1.54) is 19.2 Å². The van der Waals surface area contributed by atoms with Crippen molar-refractivity contribution in [3.63, 3.8) is 0 Å².